The predicted octanol–water partition coefficient (Wildman–Crippen LogP) is 3.59. The molecule has 1 aromatic carbocycles. The standard InChI is InChI=1S/C21H21N5O3S2/c1-5-31(28,29)21-25-24-20(30-21)23-19(27)17(12-22)11-16-10-14(3)26(15(16)4)18-9-7-6-8-13(18)2/h6-11H,5H2,1-4H3,(H,23,24,27). The number of aromatic nitrogens is 3. The van der Waals surface area contributed by atoms with E-state index in [0.717, 1.165) is 39.5 Å². The van der Waals surface area contributed by atoms with Gasteiger partial charge in [0.1, 0.15) is 11.6 Å². The largest absolute Gasteiger partial charge is 0.318 e. The summed E-state index contributed by atoms with van der Waals surface area (Å²) in [5.74, 6) is -0.796. The number of rotatable bonds is 6. The minimum absolute atomic E-state index is 0.0172. The molecule has 0 bridgehead atoms. The Bertz CT molecular complexity index is 1330. The third-order valence-corrected chi connectivity index (χ3v) is 7.78. The maximum absolute atomic E-state index is 12.6. The van der Waals surface area contributed by atoms with Gasteiger partial charge in [0.2, 0.25) is 19.3 Å². The summed E-state index contributed by atoms with van der Waals surface area (Å²) in [6.07, 6.45) is 1.51. The summed E-state index contributed by atoms with van der Waals surface area (Å²) in [7, 11) is -3.51. The predicted molar refractivity (Wildman–Crippen MR) is 120 cm³/mol. The van der Waals surface area contributed by atoms with Crippen LogP contribution in [0.5, 0.6) is 0 Å². The molecule has 31 heavy (non-hydrogen) atoms. The van der Waals surface area contributed by atoms with Crippen LogP contribution < -0.4 is 5.32 Å². The number of anilines is 1. The number of carbonyl (C=O) groups is 1. The molecule has 10 heteroatoms. The first-order valence-electron chi connectivity index (χ1n) is 9.42. The number of nitrogens with zero attached hydrogens (tertiary/aromatic N) is 4. The Hall–Kier alpha value is -3.29. The molecule has 0 aliphatic heterocycles. The molecule has 3 aromatic rings. The van der Waals surface area contributed by atoms with E-state index in [-0.39, 0.29) is 20.8 Å². The lowest BCUT2D eigenvalue weighted by Crippen LogP contribution is -2.13. The first kappa shape index (κ1) is 22.4. The minimum Gasteiger partial charge on any atom is -0.318 e. The molecule has 160 valence electrons. The molecule has 0 atom stereocenters. The van der Waals surface area contributed by atoms with Crippen molar-refractivity contribution in [3.63, 3.8) is 0 Å². The lowest BCUT2D eigenvalue weighted by atomic mass is 10.1. The number of para-hydroxylation sites is 1. The van der Waals surface area contributed by atoms with Gasteiger partial charge >= 0.3 is 0 Å². The van der Waals surface area contributed by atoms with Crippen molar-refractivity contribution < 1.29 is 13.2 Å². The number of nitrogens with one attached hydrogen (secondary N) is 1. The normalized spacial score (nSPS) is 11.9. The summed E-state index contributed by atoms with van der Waals surface area (Å²) in [5.41, 5.74) is 4.60. The summed E-state index contributed by atoms with van der Waals surface area (Å²) in [5, 5.41) is 19.3. The van der Waals surface area contributed by atoms with Gasteiger partial charge in [-0.1, -0.05) is 36.5 Å². The van der Waals surface area contributed by atoms with Crippen LogP contribution in [0.2, 0.25) is 0 Å². The number of benzene rings is 1. The summed E-state index contributed by atoms with van der Waals surface area (Å²) in [4.78, 5) is 12.6. The Morgan fingerprint density at radius 1 is 1.26 bits per heavy atom. The summed E-state index contributed by atoms with van der Waals surface area (Å²) in [6, 6.07) is 11.8. The van der Waals surface area contributed by atoms with Gasteiger partial charge in [-0.05, 0) is 50.1 Å². The van der Waals surface area contributed by atoms with Crippen LogP contribution in [0.3, 0.4) is 0 Å². The lowest BCUT2D eigenvalue weighted by molar-refractivity contribution is -0.112. The van der Waals surface area contributed by atoms with Crippen LogP contribution in [0.1, 0.15) is 29.4 Å². The van der Waals surface area contributed by atoms with Gasteiger partial charge in [-0.25, -0.2) is 8.42 Å². The molecule has 0 radical (unpaired) electrons. The van der Waals surface area contributed by atoms with Crippen molar-refractivity contribution >= 4 is 38.3 Å². The van der Waals surface area contributed by atoms with E-state index in [2.05, 4.69) is 20.1 Å². The Labute approximate surface area is 184 Å². The summed E-state index contributed by atoms with van der Waals surface area (Å²) >= 11 is 0.753. The van der Waals surface area contributed by atoms with Crippen molar-refractivity contribution in [1.29, 1.82) is 5.26 Å². The minimum atomic E-state index is -3.51. The molecule has 2 aromatic heterocycles. The molecule has 0 saturated heterocycles. The van der Waals surface area contributed by atoms with Crippen LogP contribution in [0, 0.1) is 32.1 Å². The molecule has 8 nitrogen and oxygen atoms in total. The molecule has 0 aliphatic carbocycles. The highest BCUT2D eigenvalue weighted by Crippen LogP contribution is 2.25. The van der Waals surface area contributed by atoms with E-state index >= 15 is 0 Å². The number of aryl methyl sites for hydroxylation is 2. The van der Waals surface area contributed by atoms with Crippen LogP contribution in [-0.4, -0.2) is 34.8 Å². The molecule has 3 rings (SSSR count). The zero-order valence-corrected chi connectivity index (χ0v) is 19.1. The maximum atomic E-state index is 12.6. The highest BCUT2D eigenvalue weighted by Gasteiger charge is 2.20. The van der Waals surface area contributed by atoms with Gasteiger partial charge in [0.15, 0.2) is 0 Å². The Morgan fingerprint density at radius 3 is 2.61 bits per heavy atom. The molecule has 0 spiro atoms. The SMILES string of the molecule is CCS(=O)(=O)c1nnc(NC(=O)C(C#N)=Cc2cc(C)n(-c3ccccc3C)c2C)s1. The van der Waals surface area contributed by atoms with Gasteiger partial charge in [0.05, 0.1) is 5.75 Å². The van der Waals surface area contributed by atoms with E-state index in [0.29, 0.717) is 0 Å². The molecule has 1 amide bonds. The number of carbonyl (C=O) groups excluding carboxylic acids is 1. The van der Waals surface area contributed by atoms with E-state index in [1.807, 2.05) is 57.2 Å². The van der Waals surface area contributed by atoms with Gasteiger partial charge in [-0.15, -0.1) is 10.2 Å². The van der Waals surface area contributed by atoms with E-state index in [1.165, 1.54) is 13.0 Å². The van der Waals surface area contributed by atoms with Gasteiger partial charge in [-0.2, -0.15) is 5.26 Å². The van der Waals surface area contributed by atoms with Gasteiger partial charge in [-0.3, -0.25) is 10.1 Å². The van der Waals surface area contributed by atoms with Gasteiger partial charge in [0, 0.05) is 17.1 Å². The summed E-state index contributed by atoms with van der Waals surface area (Å²) < 4.78 is 25.6. The third kappa shape index (κ3) is 4.57. The molecular formula is C21H21N5O3S2. The molecule has 0 fully saturated rings. The second-order valence-corrected chi connectivity index (χ2v) is 10.3. The first-order chi connectivity index (χ1) is 14.7. The van der Waals surface area contributed by atoms with Crippen molar-refractivity contribution in [2.45, 2.75) is 32.0 Å². The molecule has 0 aliphatic rings. The van der Waals surface area contributed by atoms with Crippen LogP contribution >= 0.6 is 11.3 Å². The fourth-order valence-corrected chi connectivity index (χ4v) is 5.08. The number of hydrogen-bond acceptors (Lipinski definition) is 7. The van der Waals surface area contributed by atoms with Crippen molar-refractivity contribution in [2.75, 3.05) is 11.1 Å². The van der Waals surface area contributed by atoms with E-state index < -0.39 is 15.7 Å². The lowest BCUT2D eigenvalue weighted by Gasteiger charge is -2.12. The Balaban J connectivity index is 1.91. The van der Waals surface area contributed by atoms with Crippen molar-refractivity contribution in [2.24, 2.45) is 0 Å². The number of sulfone groups is 1. The molecule has 2 heterocycles. The Kier molecular flexibility index (Phi) is 6.38. The van der Waals surface area contributed by atoms with Crippen LogP contribution in [-0.2, 0) is 14.6 Å². The molecule has 1 N–H and O–H groups in total. The summed E-state index contributed by atoms with van der Waals surface area (Å²) in [6.45, 7) is 7.40. The van der Waals surface area contributed by atoms with Crippen LogP contribution in [0.4, 0.5) is 5.13 Å². The van der Waals surface area contributed by atoms with E-state index in [4.69, 9.17) is 0 Å². The number of nitriles is 1. The van der Waals surface area contributed by atoms with E-state index in [9.17, 15) is 18.5 Å². The third-order valence-electron chi connectivity index (χ3n) is 4.76. The quantitative estimate of drug-likeness (QED) is 0.345. The average molecular weight is 456 g/mol. The van der Waals surface area contributed by atoms with E-state index in [1.54, 1.807) is 0 Å². The van der Waals surface area contributed by atoms with Crippen LogP contribution in [0.25, 0.3) is 11.8 Å². The second-order valence-electron chi connectivity index (χ2n) is 6.85. The monoisotopic (exact) mass is 455 g/mol. The van der Waals surface area contributed by atoms with Gasteiger partial charge in [0.25, 0.3) is 5.91 Å². The molecule has 0 unspecified atom stereocenters. The highest BCUT2D eigenvalue weighted by atomic mass is 32.2. The van der Waals surface area contributed by atoms with Crippen molar-refractivity contribution in [1.82, 2.24) is 14.8 Å². The fourth-order valence-electron chi connectivity index (χ4n) is 3.10. The number of hydrogen-bond donors (Lipinski definition) is 1. The smallest absolute Gasteiger partial charge is 0.268 e. The first-order valence-corrected chi connectivity index (χ1v) is 11.9. The molecule has 0 saturated carbocycles. The zero-order chi connectivity index (χ0) is 22.8. The average Bonchev–Trinajstić information content (AvgIpc) is 3.31. The van der Waals surface area contributed by atoms with Gasteiger partial charge < -0.3 is 4.57 Å². The molecular weight excluding hydrogens is 434 g/mol. The highest BCUT2D eigenvalue weighted by molar-refractivity contribution is 7.93. The zero-order valence-electron chi connectivity index (χ0n) is 17.5. The number of amides is 1. The van der Waals surface area contributed by atoms with Crippen molar-refractivity contribution in [3.8, 4) is 11.8 Å². The van der Waals surface area contributed by atoms with Crippen molar-refractivity contribution in [3.05, 3.63) is 58.4 Å². The Morgan fingerprint density at radius 2 is 1.97 bits per heavy atom. The fraction of sp³-hybridized carbons (Fsp3) is 0.238. The van der Waals surface area contributed by atoms with Crippen LogP contribution in [0.15, 0.2) is 40.2 Å². The topological polar surface area (TPSA) is 118 Å². The maximum Gasteiger partial charge on any atom is 0.268 e. The second kappa shape index (κ2) is 8.83.